The summed E-state index contributed by atoms with van der Waals surface area (Å²) in [6.45, 7) is 7.08. The zero-order valence-electron chi connectivity index (χ0n) is 21.5. The van der Waals surface area contributed by atoms with Gasteiger partial charge in [0.25, 0.3) is 0 Å². The summed E-state index contributed by atoms with van der Waals surface area (Å²) in [6, 6.07) is 18.6. The van der Waals surface area contributed by atoms with Gasteiger partial charge in [0.1, 0.15) is 0 Å². The maximum Gasteiger partial charge on any atom is 0.0686 e. The SMILES string of the molecule is CCCCCCC1(N)c2cc3c(cc2-c2sc(-c4cccs4)cc21)C(C)(C)c1cc(-c2cccs2)sc1-3. The Morgan fingerprint density at radius 3 is 1.89 bits per heavy atom. The number of rotatable bonds is 7. The van der Waals surface area contributed by atoms with Gasteiger partial charge in [0.2, 0.25) is 0 Å². The number of thiophene rings is 4. The van der Waals surface area contributed by atoms with E-state index in [4.69, 9.17) is 5.73 Å². The quantitative estimate of drug-likeness (QED) is 0.198. The molecule has 0 spiro atoms. The molecule has 2 aliphatic rings. The first-order chi connectivity index (χ1) is 17.9. The van der Waals surface area contributed by atoms with Crippen LogP contribution < -0.4 is 5.73 Å². The normalized spacial score (nSPS) is 18.6. The van der Waals surface area contributed by atoms with Crippen molar-refractivity contribution in [3.05, 3.63) is 81.5 Å². The molecule has 4 aromatic heterocycles. The molecule has 4 heterocycles. The molecule has 0 amide bonds. The van der Waals surface area contributed by atoms with Crippen molar-refractivity contribution in [3.63, 3.8) is 0 Å². The molecule has 0 radical (unpaired) electrons. The van der Waals surface area contributed by atoms with E-state index in [2.05, 4.69) is 80.1 Å². The van der Waals surface area contributed by atoms with Gasteiger partial charge in [0.05, 0.1) is 5.54 Å². The lowest BCUT2D eigenvalue weighted by Gasteiger charge is -2.28. The molecular weight excluding hydrogens is 527 g/mol. The lowest BCUT2D eigenvalue weighted by molar-refractivity contribution is 0.466. The predicted octanol–water partition coefficient (Wildman–Crippen LogP) is 10.7. The van der Waals surface area contributed by atoms with Gasteiger partial charge in [0.15, 0.2) is 0 Å². The minimum absolute atomic E-state index is 0.0132. The number of hydrogen-bond donors (Lipinski definition) is 1. The van der Waals surface area contributed by atoms with Crippen LogP contribution in [0.2, 0.25) is 0 Å². The van der Waals surface area contributed by atoms with Gasteiger partial charge in [0, 0.05) is 34.7 Å². The molecule has 0 aliphatic heterocycles. The molecule has 5 aromatic rings. The van der Waals surface area contributed by atoms with E-state index in [9.17, 15) is 0 Å². The fourth-order valence-electron chi connectivity index (χ4n) is 6.31. The number of nitrogens with two attached hydrogens (primary N) is 1. The van der Waals surface area contributed by atoms with E-state index in [0.29, 0.717) is 0 Å². The fourth-order valence-corrected chi connectivity index (χ4v) is 10.6. The van der Waals surface area contributed by atoms with Crippen LogP contribution in [0.25, 0.3) is 40.4 Å². The summed E-state index contributed by atoms with van der Waals surface area (Å²) in [6.07, 6.45) is 5.95. The van der Waals surface area contributed by atoms with Crippen molar-refractivity contribution < 1.29 is 0 Å². The Bertz CT molecular complexity index is 1600. The largest absolute Gasteiger partial charge is 0.318 e. The number of benzene rings is 1. The Morgan fingerprint density at radius 2 is 1.27 bits per heavy atom. The Hall–Kier alpha value is -2.02. The van der Waals surface area contributed by atoms with E-state index in [0.717, 1.165) is 6.42 Å². The zero-order chi connectivity index (χ0) is 25.4. The van der Waals surface area contributed by atoms with Gasteiger partial charge in [-0.25, -0.2) is 0 Å². The highest BCUT2D eigenvalue weighted by Gasteiger charge is 2.45. The van der Waals surface area contributed by atoms with Gasteiger partial charge in [-0.15, -0.1) is 45.3 Å². The summed E-state index contributed by atoms with van der Waals surface area (Å²) in [5.74, 6) is 0. The lowest BCUT2D eigenvalue weighted by Crippen LogP contribution is -2.35. The lowest BCUT2D eigenvalue weighted by atomic mass is 9.80. The van der Waals surface area contributed by atoms with Crippen LogP contribution in [0.3, 0.4) is 0 Å². The monoisotopic (exact) mass is 557 g/mol. The molecule has 7 rings (SSSR count). The summed E-state index contributed by atoms with van der Waals surface area (Å²) < 4.78 is 0. The van der Waals surface area contributed by atoms with E-state index in [-0.39, 0.29) is 5.41 Å². The Morgan fingerprint density at radius 1 is 0.676 bits per heavy atom. The van der Waals surface area contributed by atoms with Gasteiger partial charge >= 0.3 is 0 Å². The van der Waals surface area contributed by atoms with Crippen molar-refractivity contribution >= 4 is 45.3 Å². The van der Waals surface area contributed by atoms with Gasteiger partial charge in [-0.2, -0.15) is 0 Å². The van der Waals surface area contributed by atoms with Crippen LogP contribution in [0.1, 0.15) is 75.1 Å². The van der Waals surface area contributed by atoms with E-state index in [1.165, 1.54) is 88.3 Å². The van der Waals surface area contributed by atoms with Crippen LogP contribution in [0.4, 0.5) is 0 Å². The van der Waals surface area contributed by atoms with Crippen molar-refractivity contribution in [1.82, 2.24) is 0 Å². The minimum Gasteiger partial charge on any atom is -0.318 e. The van der Waals surface area contributed by atoms with Crippen LogP contribution in [0.15, 0.2) is 59.3 Å². The molecule has 0 fully saturated rings. The van der Waals surface area contributed by atoms with Gasteiger partial charge in [-0.3, -0.25) is 0 Å². The fraction of sp³-hybridized carbons (Fsp3) is 0.312. The van der Waals surface area contributed by atoms with Crippen molar-refractivity contribution in [1.29, 1.82) is 0 Å². The Kier molecular flexibility index (Phi) is 5.69. The van der Waals surface area contributed by atoms with E-state index in [1.54, 1.807) is 0 Å². The molecule has 188 valence electrons. The second kappa shape index (κ2) is 8.75. The van der Waals surface area contributed by atoms with E-state index >= 15 is 0 Å². The third-order valence-corrected chi connectivity index (χ3v) is 12.8. The zero-order valence-corrected chi connectivity index (χ0v) is 24.8. The minimum atomic E-state index is -0.416. The van der Waals surface area contributed by atoms with Crippen molar-refractivity contribution in [2.24, 2.45) is 5.73 Å². The first kappa shape index (κ1) is 24.1. The molecule has 1 unspecified atom stereocenters. The highest BCUT2D eigenvalue weighted by atomic mass is 32.1. The maximum atomic E-state index is 7.51. The van der Waals surface area contributed by atoms with Crippen molar-refractivity contribution in [2.75, 3.05) is 0 Å². The van der Waals surface area contributed by atoms with E-state index in [1.807, 2.05) is 45.3 Å². The molecule has 5 heteroatoms. The van der Waals surface area contributed by atoms with Crippen LogP contribution in [0.5, 0.6) is 0 Å². The molecule has 37 heavy (non-hydrogen) atoms. The predicted molar refractivity (Wildman–Crippen MR) is 166 cm³/mol. The van der Waals surface area contributed by atoms with Crippen LogP contribution in [-0.2, 0) is 11.0 Å². The average molecular weight is 558 g/mol. The smallest absolute Gasteiger partial charge is 0.0686 e. The summed E-state index contributed by atoms with van der Waals surface area (Å²) in [5.41, 5.74) is 15.5. The molecule has 0 bridgehead atoms. The highest BCUT2D eigenvalue weighted by molar-refractivity contribution is 7.24. The summed E-state index contributed by atoms with van der Waals surface area (Å²) in [7, 11) is 0. The Balaban J connectivity index is 1.39. The van der Waals surface area contributed by atoms with Crippen LogP contribution >= 0.6 is 45.3 Å². The average Bonchev–Trinajstić information content (AvgIpc) is 3.71. The molecule has 0 saturated heterocycles. The standard InChI is InChI=1S/C32H31NS4/c1-4-5-6-7-12-32(33)22-16-19-21(15-20(22)30-24(32)18-28(37-30)26-11-9-14-35-26)31(2,3)23-17-27(36-29(19)23)25-10-8-13-34-25/h8-11,13-18H,4-7,12,33H2,1-3H3. The van der Waals surface area contributed by atoms with Gasteiger partial charge in [-0.1, -0.05) is 58.6 Å². The number of fused-ring (bicyclic) bond motifs is 6. The molecule has 1 aromatic carbocycles. The highest BCUT2D eigenvalue weighted by Crippen LogP contribution is 2.60. The van der Waals surface area contributed by atoms with E-state index < -0.39 is 5.54 Å². The topological polar surface area (TPSA) is 26.0 Å². The Labute approximate surface area is 235 Å². The second-order valence-electron chi connectivity index (χ2n) is 11.0. The molecule has 1 nitrogen and oxygen atoms in total. The van der Waals surface area contributed by atoms with Crippen LogP contribution in [-0.4, -0.2) is 0 Å². The number of hydrogen-bond acceptors (Lipinski definition) is 5. The van der Waals surface area contributed by atoms with Crippen molar-refractivity contribution in [2.45, 2.75) is 63.8 Å². The first-order valence-corrected chi connectivity index (χ1v) is 16.7. The maximum absolute atomic E-state index is 7.51. The molecule has 2 aliphatic carbocycles. The second-order valence-corrected chi connectivity index (χ2v) is 15.0. The third-order valence-electron chi connectivity index (χ3n) is 8.37. The van der Waals surface area contributed by atoms with Gasteiger partial charge in [-0.05, 0) is 87.0 Å². The molecule has 1 atom stereocenters. The summed E-state index contributed by atoms with van der Waals surface area (Å²) in [4.78, 5) is 8.29. The third kappa shape index (κ3) is 3.55. The summed E-state index contributed by atoms with van der Waals surface area (Å²) >= 11 is 7.55. The van der Waals surface area contributed by atoms with Crippen LogP contribution in [0, 0.1) is 0 Å². The first-order valence-electron chi connectivity index (χ1n) is 13.3. The van der Waals surface area contributed by atoms with Crippen molar-refractivity contribution in [3.8, 4) is 40.4 Å². The molecule has 2 N–H and O–H groups in total. The summed E-state index contributed by atoms with van der Waals surface area (Å²) in [5, 5.41) is 4.35. The molecular formula is C32H31NS4. The van der Waals surface area contributed by atoms with Gasteiger partial charge < -0.3 is 5.73 Å². The number of unbranched alkanes of at least 4 members (excludes halogenated alkanes) is 3. The molecule has 0 saturated carbocycles.